The molecule has 0 aliphatic carbocycles. The van der Waals surface area contributed by atoms with Crippen LogP contribution < -0.4 is 0 Å². The van der Waals surface area contributed by atoms with Crippen LogP contribution >= 0.6 is 35.7 Å². The van der Waals surface area contributed by atoms with E-state index >= 15 is 0 Å². The fraction of sp³-hybridized carbons (Fsp3) is 0.727. The summed E-state index contributed by atoms with van der Waals surface area (Å²) in [6.07, 6.45) is 0.451. The molecule has 8 heteroatoms. The molecule has 2 heterocycles. The number of carboxylic acids is 1. The Hall–Kier alpha value is -0.470. The van der Waals surface area contributed by atoms with Crippen LogP contribution in [0.4, 0.5) is 0 Å². The number of aliphatic carboxylic acids is 1. The van der Waals surface area contributed by atoms with Gasteiger partial charge in [0.15, 0.2) is 0 Å². The summed E-state index contributed by atoms with van der Waals surface area (Å²) in [6, 6.07) is -0.749. The van der Waals surface area contributed by atoms with Crippen LogP contribution in [0.1, 0.15) is 13.3 Å². The highest BCUT2D eigenvalue weighted by Gasteiger charge is 2.60. The predicted molar refractivity (Wildman–Crippen MR) is 81.4 cm³/mol. The van der Waals surface area contributed by atoms with E-state index in [1.807, 2.05) is 25.9 Å². The van der Waals surface area contributed by atoms with Gasteiger partial charge in [0, 0.05) is 19.8 Å². The van der Waals surface area contributed by atoms with Crippen molar-refractivity contribution in [1.29, 1.82) is 0 Å². The zero-order chi connectivity index (χ0) is 14.4. The van der Waals surface area contributed by atoms with Crippen LogP contribution in [0.25, 0.3) is 0 Å². The first-order chi connectivity index (χ1) is 8.76. The average Bonchev–Trinajstić information content (AvgIpc) is 2.55. The molecular weight excluding hydrogens is 304 g/mol. The van der Waals surface area contributed by atoms with Gasteiger partial charge >= 0.3 is 5.97 Å². The molecule has 1 amide bonds. The first kappa shape index (κ1) is 14.9. The van der Waals surface area contributed by atoms with Crippen LogP contribution in [0.2, 0.25) is 0 Å². The lowest BCUT2D eigenvalue weighted by atomic mass is 9.98. The minimum absolute atomic E-state index is 0.0205. The number of hydrogen-bond donors (Lipinski definition) is 1. The fourth-order valence-electron chi connectivity index (χ4n) is 2.31. The third-order valence-corrected chi connectivity index (χ3v) is 7.12. The monoisotopic (exact) mass is 320 g/mol. The van der Waals surface area contributed by atoms with Gasteiger partial charge in [0.25, 0.3) is 0 Å². The molecule has 0 radical (unpaired) electrons. The summed E-state index contributed by atoms with van der Waals surface area (Å²) in [7, 11) is 3.73. The third-order valence-electron chi connectivity index (χ3n) is 3.29. The van der Waals surface area contributed by atoms with Crippen molar-refractivity contribution in [3.8, 4) is 0 Å². The predicted octanol–water partition coefficient (Wildman–Crippen LogP) is 1.08. The van der Waals surface area contributed by atoms with Crippen molar-refractivity contribution in [1.82, 2.24) is 9.80 Å². The van der Waals surface area contributed by atoms with Crippen molar-refractivity contribution in [3.05, 3.63) is 0 Å². The van der Waals surface area contributed by atoms with E-state index in [1.165, 1.54) is 16.7 Å². The molecule has 2 rings (SSSR count). The first-order valence-corrected chi connectivity index (χ1v) is 8.09. The van der Waals surface area contributed by atoms with Crippen molar-refractivity contribution in [2.75, 3.05) is 19.8 Å². The maximum Gasteiger partial charge on any atom is 0.327 e. The highest BCUT2D eigenvalue weighted by atomic mass is 32.2. The Labute approximate surface area is 126 Å². The molecule has 19 heavy (non-hydrogen) atoms. The van der Waals surface area contributed by atoms with Crippen LogP contribution in [0.5, 0.6) is 0 Å². The molecule has 0 aromatic heterocycles. The van der Waals surface area contributed by atoms with Gasteiger partial charge in [0.1, 0.15) is 10.4 Å². The number of thioether (sulfide) groups is 2. The summed E-state index contributed by atoms with van der Waals surface area (Å²) in [6.45, 7) is 1.91. The maximum absolute atomic E-state index is 11.6. The Morgan fingerprint density at radius 1 is 1.68 bits per heavy atom. The summed E-state index contributed by atoms with van der Waals surface area (Å²) in [5.41, 5.74) is 0. The summed E-state index contributed by atoms with van der Waals surface area (Å²) in [5.74, 6) is -0.401. The van der Waals surface area contributed by atoms with E-state index in [0.717, 1.165) is 4.32 Å². The van der Waals surface area contributed by atoms with Crippen molar-refractivity contribution < 1.29 is 14.7 Å². The van der Waals surface area contributed by atoms with Gasteiger partial charge in [-0.3, -0.25) is 4.79 Å². The van der Waals surface area contributed by atoms with Gasteiger partial charge in [-0.25, -0.2) is 4.79 Å². The van der Waals surface area contributed by atoms with E-state index in [1.54, 1.807) is 11.8 Å². The van der Waals surface area contributed by atoms with Gasteiger partial charge < -0.3 is 14.9 Å². The van der Waals surface area contributed by atoms with Gasteiger partial charge in [-0.2, -0.15) is 0 Å². The second-order valence-corrected chi connectivity index (χ2v) is 8.40. The van der Waals surface area contributed by atoms with Crippen molar-refractivity contribution in [2.24, 2.45) is 0 Å². The minimum Gasteiger partial charge on any atom is -0.480 e. The van der Waals surface area contributed by atoms with Gasteiger partial charge in [0.2, 0.25) is 5.91 Å². The highest BCUT2D eigenvalue weighted by Crippen LogP contribution is 2.52. The lowest BCUT2D eigenvalue weighted by Crippen LogP contribution is -2.57. The smallest absolute Gasteiger partial charge is 0.327 e. The number of amides is 1. The number of carbonyl (C=O) groups excluding carboxylic acids is 1. The van der Waals surface area contributed by atoms with Gasteiger partial charge in [0.05, 0.1) is 16.5 Å². The van der Waals surface area contributed by atoms with E-state index in [-0.39, 0.29) is 11.3 Å². The summed E-state index contributed by atoms with van der Waals surface area (Å²) < 4.78 is 0.236. The zero-order valence-electron chi connectivity index (χ0n) is 11.0. The Morgan fingerprint density at radius 2 is 2.32 bits per heavy atom. The molecule has 0 spiro atoms. The molecule has 5 nitrogen and oxygen atoms in total. The van der Waals surface area contributed by atoms with Crippen molar-refractivity contribution >= 4 is 51.9 Å². The SMILES string of the molecule is CN(C)C(=S)SCC1(C)SC2CC(=O)N2C1C(=O)O. The summed E-state index contributed by atoms with van der Waals surface area (Å²) in [4.78, 5) is 26.4. The second-order valence-electron chi connectivity index (χ2n) is 5.08. The minimum atomic E-state index is -0.929. The van der Waals surface area contributed by atoms with Crippen LogP contribution in [-0.2, 0) is 9.59 Å². The van der Waals surface area contributed by atoms with Gasteiger partial charge in [-0.15, -0.1) is 11.8 Å². The molecule has 3 unspecified atom stereocenters. The van der Waals surface area contributed by atoms with Gasteiger partial charge in [-0.1, -0.05) is 24.0 Å². The van der Waals surface area contributed by atoms with E-state index in [4.69, 9.17) is 12.2 Å². The topological polar surface area (TPSA) is 60.9 Å². The molecular formula is C11H16N2O3S3. The molecule has 106 valence electrons. The molecule has 2 fully saturated rings. The quantitative estimate of drug-likeness (QED) is 0.617. The fourth-order valence-corrected chi connectivity index (χ4v) is 5.30. The molecule has 2 aliphatic heterocycles. The number of hydrogen-bond acceptors (Lipinski definition) is 5. The number of rotatable bonds is 3. The zero-order valence-corrected chi connectivity index (χ0v) is 13.4. The molecule has 2 saturated heterocycles. The lowest BCUT2D eigenvalue weighted by molar-refractivity contribution is -0.157. The number of nitrogens with zero attached hydrogens (tertiary/aromatic N) is 2. The highest BCUT2D eigenvalue weighted by molar-refractivity contribution is 8.23. The van der Waals surface area contributed by atoms with E-state index in [9.17, 15) is 14.7 Å². The van der Waals surface area contributed by atoms with Crippen LogP contribution in [-0.4, -0.2) is 67.1 Å². The molecule has 3 atom stereocenters. The Bertz CT molecular complexity index is 443. The largest absolute Gasteiger partial charge is 0.480 e. The molecule has 0 bridgehead atoms. The lowest BCUT2D eigenvalue weighted by Gasteiger charge is -2.37. The number of carbonyl (C=O) groups is 2. The third kappa shape index (κ3) is 2.57. The molecule has 0 aromatic carbocycles. The molecule has 1 N–H and O–H groups in total. The number of thiocarbonyl (C=S) groups is 1. The number of carboxylic acid groups (broad SMARTS) is 1. The summed E-state index contributed by atoms with van der Waals surface area (Å²) >= 11 is 8.27. The molecule has 0 aromatic rings. The normalized spacial score (nSPS) is 32.8. The Kier molecular flexibility index (Phi) is 4.04. The van der Waals surface area contributed by atoms with Crippen molar-refractivity contribution in [3.63, 3.8) is 0 Å². The standard InChI is InChI=1S/C11H16N2O3S3/c1-11(5-18-10(17)12(2)3)8(9(15)16)13-6(14)4-7(13)19-11/h7-8H,4-5H2,1-3H3,(H,15,16). The average molecular weight is 320 g/mol. The van der Waals surface area contributed by atoms with E-state index in [0.29, 0.717) is 12.2 Å². The Balaban J connectivity index is 2.10. The molecule has 2 aliphatic rings. The second kappa shape index (κ2) is 5.14. The maximum atomic E-state index is 11.6. The van der Waals surface area contributed by atoms with Crippen LogP contribution in [0.3, 0.4) is 0 Å². The Morgan fingerprint density at radius 3 is 2.79 bits per heavy atom. The molecule has 0 saturated carbocycles. The van der Waals surface area contributed by atoms with E-state index in [2.05, 4.69) is 0 Å². The van der Waals surface area contributed by atoms with E-state index < -0.39 is 16.8 Å². The first-order valence-electron chi connectivity index (χ1n) is 5.82. The van der Waals surface area contributed by atoms with Crippen LogP contribution in [0.15, 0.2) is 0 Å². The number of β-lactam (4-membered cyclic amide) rings is 1. The number of fused-ring (bicyclic) bond motifs is 1. The summed E-state index contributed by atoms with van der Waals surface area (Å²) in [5, 5.41) is 9.42. The van der Waals surface area contributed by atoms with Gasteiger partial charge in [-0.05, 0) is 6.92 Å². The van der Waals surface area contributed by atoms with Crippen LogP contribution in [0, 0.1) is 0 Å². The van der Waals surface area contributed by atoms with Crippen molar-refractivity contribution in [2.45, 2.75) is 29.5 Å².